The third kappa shape index (κ3) is 8.43. The van der Waals surface area contributed by atoms with E-state index in [0.29, 0.717) is 0 Å². The van der Waals surface area contributed by atoms with E-state index in [-0.39, 0.29) is 61.5 Å². The highest BCUT2D eigenvalue weighted by atomic mass is 15.3. The van der Waals surface area contributed by atoms with Crippen molar-refractivity contribution in [3.63, 3.8) is 0 Å². The van der Waals surface area contributed by atoms with Gasteiger partial charge in [0.15, 0.2) is 0 Å². The number of benzene rings is 8. The molecular weight excluding hydrogens is 1100 g/mol. The summed E-state index contributed by atoms with van der Waals surface area (Å²) >= 11 is 0. The van der Waals surface area contributed by atoms with Gasteiger partial charge in [-0.3, -0.25) is 0 Å². The van der Waals surface area contributed by atoms with Crippen LogP contribution in [-0.4, -0.2) is 12.3 Å². The molecule has 0 N–H and O–H groups in total. The molecule has 0 aromatic heterocycles. The molecule has 4 heteroatoms. The first-order valence-electron chi connectivity index (χ1n) is 35.0. The van der Waals surface area contributed by atoms with Crippen molar-refractivity contribution >= 4 is 74.2 Å². The summed E-state index contributed by atoms with van der Waals surface area (Å²) in [5, 5.41) is 0. The fourth-order valence-corrected chi connectivity index (χ4v) is 18.8. The molecule has 3 atom stereocenters. The van der Waals surface area contributed by atoms with Gasteiger partial charge < -0.3 is 14.7 Å². The van der Waals surface area contributed by atoms with E-state index in [1.165, 1.54) is 171 Å². The molecule has 3 unspecified atom stereocenters. The van der Waals surface area contributed by atoms with Crippen LogP contribution in [0.25, 0.3) is 27.8 Å². The lowest BCUT2D eigenvalue weighted by Crippen LogP contribution is -2.62. The molecule has 8 aliphatic rings. The maximum atomic E-state index is 2.91. The molecule has 0 saturated heterocycles. The second kappa shape index (κ2) is 18.8. The predicted octanol–water partition coefficient (Wildman–Crippen LogP) is 21.9. The third-order valence-electron chi connectivity index (χ3n) is 25.1. The summed E-state index contributed by atoms with van der Waals surface area (Å²) in [5.74, 6) is 0.274. The van der Waals surface area contributed by atoms with Crippen molar-refractivity contribution in [2.75, 3.05) is 14.7 Å². The van der Waals surface area contributed by atoms with E-state index >= 15 is 0 Å². The van der Waals surface area contributed by atoms with Crippen molar-refractivity contribution in [2.45, 2.75) is 238 Å². The van der Waals surface area contributed by atoms with Crippen LogP contribution >= 0.6 is 0 Å². The smallest absolute Gasteiger partial charge is 0.252 e. The van der Waals surface area contributed by atoms with Crippen LogP contribution < -0.4 is 31.1 Å². The van der Waals surface area contributed by atoms with E-state index in [0.717, 1.165) is 25.7 Å². The Balaban J connectivity index is 1.09. The zero-order chi connectivity index (χ0) is 64.0. The predicted molar refractivity (Wildman–Crippen MR) is 392 cm³/mol. The number of fused-ring (bicyclic) bond motifs is 16. The van der Waals surface area contributed by atoms with Crippen molar-refractivity contribution in [1.82, 2.24) is 0 Å². The lowest BCUT2D eigenvalue weighted by Gasteiger charge is -2.51. The van der Waals surface area contributed by atoms with Crippen LogP contribution in [-0.2, 0) is 43.3 Å². The van der Waals surface area contributed by atoms with Crippen LogP contribution in [0.2, 0.25) is 0 Å². The molecule has 3 heterocycles. The van der Waals surface area contributed by atoms with Crippen LogP contribution in [0.5, 0.6) is 0 Å². The zero-order valence-electron chi connectivity index (χ0n) is 58.5. The highest BCUT2D eigenvalue weighted by Crippen LogP contribution is 2.65. The van der Waals surface area contributed by atoms with E-state index < -0.39 is 0 Å². The van der Waals surface area contributed by atoms with E-state index in [1.807, 2.05) is 0 Å². The minimum Gasteiger partial charge on any atom is -0.334 e. The summed E-state index contributed by atoms with van der Waals surface area (Å²) in [4.78, 5) is 8.58. The van der Waals surface area contributed by atoms with Gasteiger partial charge in [0.1, 0.15) is 0 Å². The Morgan fingerprint density at radius 2 is 0.967 bits per heavy atom. The first-order chi connectivity index (χ1) is 42.7. The van der Waals surface area contributed by atoms with Gasteiger partial charge >= 0.3 is 0 Å². The van der Waals surface area contributed by atoms with E-state index in [1.54, 1.807) is 0 Å². The molecule has 0 amide bonds. The van der Waals surface area contributed by atoms with Gasteiger partial charge in [0.05, 0.1) is 11.2 Å². The molecule has 3 aliphatic heterocycles. The van der Waals surface area contributed by atoms with Gasteiger partial charge in [-0.1, -0.05) is 235 Å². The molecule has 5 aliphatic carbocycles. The minimum absolute atomic E-state index is 0.00349. The number of hydrogen-bond donors (Lipinski definition) is 0. The molecule has 3 nitrogen and oxygen atoms in total. The summed E-state index contributed by atoms with van der Waals surface area (Å²) in [6, 6.07) is 57.9. The summed E-state index contributed by atoms with van der Waals surface area (Å²) < 4.78 is 0. The van der Waals surface area contributed by atoms with Crippen molar-refractivity contribution < 1.29 is 0 Å². The van der Waals surface area contributed by atoms with E-state index in [2.05, 4.69) is 292 Å². The molecule has 16 rings (SSSR count). The van der Waals surface area contributed by atoms with Gasteiger partial charge in [-0.2, -0.15) is 0 Å². The average molecular weight is 1200 g/mol. The summed E-state index contributed by atoms with van der Waals surface area (Å²) in [5.41, 5.74) is 35.7. The molecule has 8 aromatic carbocycles. The summed E-state index contributed by atoms with van der Waals surface area (Å²) in [7, 11) is 0. The molecule has 0 spiro atoms. The number of allylic oxidation sites excluding steroid dienone is 2. The fraction of sp³-hybridized carbons (Fsp3) is 0.425. The second-order valence-corrected chi connectivity index (χ2v) is 35.8. The van der Waals surface area contributed by atoms with Gasteiger partial charge in [-0.25, -0.2) is 0 Å². The van der Waals surface area contributed by atoms with E-state index in [4.69, 9.17) is 0 Å². The van der Waals surface area contributed by atoms with Crippen LogP contribution in [0.15, 0.2) is 146 Å². The van der Waals surface area contributed by atoms with Gasteiger partial charge in [0.25, 0.3) is 6.71 Å². The Morgan fingerprint density at radius 3 is 1.62 bits per heavy atom. The Kier molecular flexibility index (Phi) is 12.2. The molecule has 464 valence electrons. The van der Waals surface area contributed by atoms with Crippen LogP contribution in [0, 0.1) is 0 Å². The highest BCUT2D eigenvalue weighted by Gasteiger charge is 2.59. The standard InChI is InChI=1S/C87H98BN3/c1-79(2,3)53-27-31-58-61(44-53)59-32-34-69-78(76(59)63-49-62(58)63)90(71-35-28-54(80(4,5)6)43-60(71)52-25-21-20-22-26-52)75-48-57(91-72-36-29-55(81(7,8)9)45-68(72)86(18)37-23-24-38-87(86,91)19)47-74-77(75)88(69)70-50-66-67(85(16,17)42-41-84(66,14)15)51-73(70)89(74)56-30-33-64-65(46-56)83(12,13)40-39-82(64,10)11/h20-22,25-36,43-51,62H,23-24,37-42H2,1-19H3. The Bertz CT molecular complexity index is 4480. The quantitative estimate of drug-likeness (QED) is 0.163. The molecule has 1 saturated carbocycles. The van der Waals surface area contributed by atoms with Gasteiger partial charge in [-0.15, -0.1) is 0 Å². The third-order valence-corrected chi connectivity index (χ3v) is 25.1. The van der Waals surface area contributed by atoms with Crippen molar-refractivity contribution in [3.05, 3.63) is 201 Å². The minimum atomic E-state index is -0.196. The zero-order valence-corrected chi connectivity index (χ0v) is 58.5. The van der Waals surface area contributed by atoms with Crippen molar-refractivity contribution in [2.24, 2.45) is 0 Å². The molecule has 91 heavy (non-hydrogen) atoms. The summed E-state index contributed by atoms with van der Waals surface area (Å²) in [6.07, 6.45) is 12.0. The van der Waals surface area contributed by atoms with Crippen molar-refractivity contribution in [1.29, 1.82) is 0 Å². The molecule has 0 bridgehead atoms. The SMILES string of the molecule is CC(C)(C)c1ccc2c(c1)-c1ccc3c(c1C1=CC12)N(c1ccc(C(C)(C)C)cc1-c1ccccc1)c1cc(N2c4ccc(C(C)(C)C)cc4C4(C)CCCCC24C)cc2c1B3c1cc3c(cc1N2c1ccc2c(c1)C(C)(C)CCC2(C)C)C(C)(C)CCC3(C)C. The Hall–Kier alpha value is -7.04. The number of nitrogens with zero attached hydrogens (tertiary/aromatic N) is 3. The van der Waals surface area contributed by atoms with Crippen molar-refractivity contribution in [3.8, 4) is 22.3 Å². The normalized spacial score (nSPS) is 23.1. The maximum absolute atomic E-state index is 2.91. The molecule has 8 aromatic rings. The Morgan fingerprint density at radius 1 is 0.407 bits per heavy atom. The Labute approximate surface area is 546 Å². The van der Waals surface area contributed by atoms with Crippen LogP contribution in [0.3, 0.4) is 0 Å². The first-order valence-corrected chi connectivity index (χ1v) is 35.0. The molecule has 0 radical (unpaired) electrons. The monoisotopic (exact) mass is 1200 g/mol. The number of anilines is 8. The lowest BCUT2D eigenvalue weighted by atomic mass is 9.32. The molecular formula is C87H98BN3. The second-order valence-electron chi connectivity index (χ2n) is 35.8. The van der Waals surface area contributed by atoms with Gasteiger partial charge in [0.2, 0.25) is 0 Å². The topological polar surface area (TPSA) is 9.72 Å². The van der Waals surface area contributed by atoms with E-state index in [9.17, 15) is 0 Å². The highest BCUT2D eigenvalue weighted by molar-refractivity contribution is 7.00. The van der Waals surface area contributed by atoms with Gasteiger partial charge in [0, 0.05) is 62.3 Å². The lowest BCUT2D eigenvalue weighted by molar-refractivity contribution is 0.195. The maximum Gasteiger partial charge on any atom is 0.252 e. The fourth-order valence-electron chi connectivity index (χ4n) is 18.8. The van der Waals surface area contributed by atoms with Crippen LogP contribution in [0.4, 0.5) is 45.5 Å². The van der Waals surface area contributed by atoms with Crippen LogP contribution in [0.1, 0.15) is 244 Å². The van der Waals surface area contributed by atoms with Gasteiger partial charge in [-0.05, 0) is 221 Å². The first kappa shape index (κ1) is 59.0. The largest absolute Gasteiger partial charge is 0.334 e. The number of hydrogen-bond acceptors (Lipinski definition) is 3. The number of rotatable bonds is 4. The average Bonchev–Trinajstić information content (AvgIpc) is 1.67. The molecule has 1 fully saturated rings. The summed E-state index contributed by atoms with van der Waals surface area (Å²) in [6.45, 7) is 46.8.